The summed E-state index contributed by atoms with van der Waals surface area (Å²) in [6.07, 6.45) is 9.36. The molecule has 3 heterocycles. The van der Waals surface area contributed by atoms with Crippen molar-refractivity contribution in [2.45, 2.75) is 18.3 Å². The molecule has 0 aliphatic heterocycles. The van der Waals surface area contributed by atoms with Gasteiger partial charge in [-0.15, -0.1) is 0 Å². The quantitative estimate of drug-likeness (QED) is 0.449. The lowest BCUT2D eigenvalue weighted by Crippen LogP contribution is -2.19. The van der Waals surface area contributed by atoms with Gasteiger partial charge in [-0.25, -0.2) is 14.4 Å². The van der Waals surface area contributed by atoms with Crippen LogP contribution >= 0.6 is 0 Å². The number of imidazole rings is 1. The van der Waals surface area contributed by atoms with E-state index >= 15 is 0 Å². The molecule has 2 aromatic carbocycles. The van der Waals surface area contributed by atoms with Crippen LogP contribution in [0.5, 0.6) is 0 Å². The van der Waals surface area contributed by atoms with Gasteiger partial charge in [0.05, 0.1) is 23.0 Å². The number of halogens is 1. The van der Waals surface area contributed by atoms with Gasteiger partial charge < -0.3 is 5.32 Å². The predicted molar refractivity (Wildman–Crippen MR) is 124 cm³/mol. The Labute approximate surface area is 189 Å². The van der Waals surface area contributed by atoms with Gasteiger partial charge in [0.2, 0.25) is 5.78 Å². The third kappa shape index (κ3) is 3.08. The Kier molecular flexibility index (Phi) is 4.26. The van der Waals surface area contributed by atoms with E-state index in [0.717, 1.165) is 35.0 Å². The Morgan fingerprint density at radius 2 is 1.88 bits per heavy atom. The van der Waals surface area contributed by atoms with Crippen molar-refractivity contribution in [2.75, 3.05) is 7.05 Å². The standard InChI is InChI=1S/C26H20FN5O/c1-28-24(33)20-6-4-16(12-21(20)27)18-13-30-25-31-14-23(32(25)15-18)26(8-9-26)19-5-7-22-17(11-19)3-2-10-29-22/h2-7,10-15H,8-9H2,1H3,(H,28,33). The van der Waals surface area contributed by atoms with Crippen molar-refractivity contribution in [3.8, 4) is 11.1 Å². The van der Waals surface area contributed by atoms with Crippen molar-refractivity contribution < 1.29 is 9.18 Å². The number of nitrogens with one attached hydrogen (secondary N) is 1. The van der Waals surface area contributed by atoms with Gasteiger partial charge in [-0.3, -0.25) is 14.2 Å². The van der Waals surface area contributed by atoms with Crippen molar-refractivity contribution in [2.24, 2.45) is 0 Å². The summed E-state index contributed by atoms with van der Waals surface area (Å²) < 4.78 is 16.5. The Bertz CT molecular complexity index is 1550. The first-order chi connectivity index (χ1) is 16.1. The number of hydrogen-bond donors (Lipinski definition) is 1. The number of pyridine rings is 1. The number of aromatic nitrogens is 4. The molecule has 0 saturated heterocycles. The maximum atomic E-state index is 14.5. The van der Waals surface area contributed by atoms with E-state index in [0.29, 0.717) is 11.3 Å². The zero-order chi connectivity index (χ0) is 22.6. The maximum absolute atomic E-state index is 14.5. The molecule has 7 heteroatoms. The van der Waals surface area contributed by atoms with Crippen LogP contribution in [-0.2, 0) is 5.41 Å². The Balaban J connectivity index is 1.44. The molecular weight excluding hydrogens is 417 g/mol. The smallest absolute Gasteiger partial charge is 0.253 e. The SMILES string of the molecule is CNC(=O)c1ccc(-c2cnc3ncc(C4(c5ccc6ncccc6c5)CC4)n3c2)cc1F. The monoisotopic (exact) mass is 437 g/mol. The zero-order valence-electron chi connectivity index (χ0n) is 17.9. The van der Waals surface area contributed by atoms with Crippen molar-refractivity contribution >= 4 is 22.6 Å². The molecule has 162 valence electrons. The molecule has 0 atom stereocenters. The van der Waals surface area contributed by atoms with Crippen LogP contribution < -0.4 is 5.32 Å². The summed E-state index contributed by atoms with van der Waals surface area (Å²) in [5.74, 6) is -0.419. The number of benzene rings is 2. The average Bonchev–Trinajstić information content (AvgIpc) is 3.55. The third-order valence-corrected chi connectivity index (χ3v) is 6.53. The molecule has 1 aliphatic carbocycles. The fraction of sp³-hybridized carbons (Fsp3) is 0.154. The number of nitrogens with zero attached hydrogens (tertiary/aromatic N) is 4. The van der Waals surface area contributed by atoms with E-state index in [-0.39, 0.29) is 11.0 Å². The van der Waals surface area contributed by atoms with E-state index < -0.39 is 11.7 Å². The Hall–Kier alpha value is -4.13. The Morgan fingerprint density at radius 1 is 1.03 bits per heavy atom. The molecule has 0 spiro atoms. The van der Waals surface area contributed by atoms with Gasteiger partial charge in [-0.2, -0.15) is 0 Å². The molecule has 5 aromatic rings. The van der Waals surface area contributed by atoms with Crippen LogP contribution in [0, 0.1) is 5.82 Å². The van der Waals surface area contributed by atoms with Gasteiger partial charge in [0.1, 0.15) is 5.82 Å². The first-order valence-electron chi connectivity index (χ1n) is 10.8. The molecule has 1 amide bonds. The second kappa shape index (κ2) is 7.20. The molecule has 1 saturated carbocycles. The van der Waals surface area contributed by atoms with Crippen LogP contribution in [0.4, 0.5) is 4.39 Å². The van der Waals surface area contributed by atoms with Crippen molar-refractivity contribution in [1.29, 1.82) is 0 Å². The second-order valence-electron chi connectivity index (χ2n) is 8.42. The number of carbonyl (C=O) groups excluding carboxylic acids is 1. The lowest BCUT2D eigenvalue weighted by molar-refractivity contribution is 0.0959. The van der Waals surface area contributed by atoms with E-state index in [1.54, 1.807) is 18.5 Å². The second-order valence-corrected chi connectivity index (χ2v) is 8.42. The van der Waals surface area contributed by atoms with Crippen LogP contribution in [0.3, 0.4) is 0 Å². The molecule has 0 bridgehead atoms. The summed E-state index contributed by atoms with van der Waals surface area (Å²) >= 11 is 0. The molecular formula is C26H20FN5O. The van der Waals surface area contributed by atoms with Crippen LogP contribution in [0.15, 0.2) is 73.3 Å². The van der Waals surface area contributed by atoms with Gasteiger partial charge in [-0.05, 0) is 54.3 Å². The van der Waals surface area contributed by atoms with E-state index in [1.807, 2.05) is 22.9 Å². The van der Waals surface area contributed by atoms with Gasteiger partial charge in [-0.1, -0.05) is 18.2 Å². The van der Waals surface area contributed by atoms with Crippen molar-refractivity contribution in [3.63, 3.8) is 0 Å². The van der Waals surface area contributed by atoms with Crippen LogP contribution in [0.1, 0.15) is 34.5 Å². The Morgan fingerprint density at radius 3 is 2.67 bits per heavy atom. The van der Waals surface area contributed by atoms with E-state index in [9.17, 15) is 9.18 Å². The predicted octanol–water partition coefficient (Wildman–Crippen LogP) is 4.52. The molecule has 6 nitrogen and oxygen atoms in total. The highest BCUT2D eigenvalue weighted by molar-refractivity contribution is 5.94. The first kappa shape index (κ1) is 19.5. The highest BCUT2D eigenvalue weighted by atomic mass is 19.1. The zero-order valence-corrected chi connectivity index (χ0v) is 17.9. The van der Waals surface area contributed by atoms with Crippen molar-refractivity contribution in [3.05, 3.63) is 96.0 Å². The topological polar surface area (TPSA) is 72.2 Å². The average molecular weight is 437 g/mol. The summed E-state index contributed by atoms with van der Waals surface area (Å²) in [4.78, 5) is 25.3. The summed E-state index contributed by atoms with van der Waals surface area (Å²) in [5, 5.41) is 3.56. The fourth-order valence-corrected chi connectivity index (χ4v) is 4.58. The highest BCUT2D eigenvalue weighted by Gasteiger charge is 2.48. The lowest BCUT2D eigenvalue weighted by atomic mass is 9.91. The van der Waals surface area contributed by atoms with Gasteiger partial charge in [0, 0.05) is 42.0 Å². The van der Waals surface area contributed by atoms with E-state index in [1.165, 1.54) is 24.7 Å². The molecule has 6 rings (SSSR count). The van der Waals surface area contributed by atoms with Gasteiger partial charge >= 0.3 is 0 Å². The van der Waals surface area contributed by atoms with Crippen LogP contribution in [0.25, 0.3) is 27.8 Å². The van der Waals surface area contributed by atoms with Crippen LogP contribution in [0.2, 0.25) is 0 Å². The number of amides is 1. The normalized spacial score (nSPS) is 14.5. The minimum absolute atomic E-state index is 0.0151. The maximum Gasteiger partial charge on any atom is 0.253 e. The number of fused-ring (bicyclic) bond motifs is 2. The summed E-state index contributed by atoms with van der Waals surface area (Å²) in [6, 6.07) is 15.0. The summed E-state index contributed by atoms with van der Waals surface area (Å²) in [5.41, 5.74) is 4.56. The van der Waals surface area contributed by atoms with Gasteiger partial charge in [0.25, 0.3) is 5.91 Å². The minimum Gasteiger partial charge on any atom is -0.355 e. The molecule has 33 heavy (non-hydrogen) atoms. The molecule has 1 N–H and O–H groups in total. The third-order valence-electron chi connectivity index (χ3n) is 6.53. The van der Waals surface area contributed by atoms with Gasteiger partial charge in [0.15, 0.2) is 0 Å². The number of hydrogen-bond acceptors (Lipinski definition) is 4. The summed E-state index contributed by atoms with van der Waals surface area (Å²) in [6.45, 7) is 0. The molecule has 1 aliphatic rings. The van der Waals surface area contributed by atoms with E-state index in [2.05, 4.69) is 44.5 Å². The molecule has 1 fully saturated rings. The highest BCUT2D eigenvalue weighted by Crippen LogP contribution is 2.53. The molecule has 0 radical (unpaired) electrons. The number of carbonyl (C=O) groups is 1. The van der Waals surface area contributed by atoms with E-state index in [4.69, 9.17) is 0 Å². The van der Waals surface area contributed by atoms with Crippen molar-refractivity contribution in [1.82, 2.24) is 24.7 Å². The van der Waals surface area contributed by atoms with Crippen LogP contribution in [-0.4, -0.2) is 32.3 Å². The summed E-state index contributed by atoms with van der Waals surface area (Å²) in [7, 11) is 1.48. The number of rotatable bonds is 4. The fourth-order valence-electron chi connectivity index (χ4n) is 4.58. The first-order valence-corrected chi connectivity index (χ1v) is 10.8. The largest absolute Gasteiger partial charge is 0.355 e. The molecule has 0 unspecified atom stereocenters. The molecule has 3 aromatic heterocycles. The minimum atomic E-state index is -0.568. The lowest BCUT2D eigenvalue weighted by Gasteiger charge is -2.17.